The predicted octanol–water partition coefficient (Wildman–Crippen LogP) is 1.09. The van der Waals surface area contributed by atoms with Crippen molar-refractivity contribution in [3.05, 3.63) is 39.2 Å². The number of aliphatic hydroxyl groups is 1. The second-order valence-corrected chi connectivity index (χ2v) is 4.72. The topological polar surface area (TPSA) is 63.8 Å². The van der Waals surface area contributed by atoms with Gasteiger partial charge in [-0.3, -0.25) is 0 Å². The van der Waals surface area contributed by atoms with E-state index in [1.165, 1.54) is 4.80 Å². The summed E-state index contributed by atoms with van der Waals surface area (Å²) in [6.07, 6.45) is -0.201. The first-order chi connectivity index (χ1) is 7.65. The molecule has 16 heavy (non-hydrogen) atoms. The maximum atomic E-state index is 9.99. The summed E-state index contributed by atoms with van der Waals surface area (Å²) in [6.45, 7) is 0. The molecule has 2 aromatic rings. The van der Waals surface area contributed by atoms with Gasteiger partial charge in [0.1, 0.15) is 0 Å². The maximum Gasteiger partial charge on any atom is 0.177 e. The molecule has 6 heteroatoms. The molecule has 1 heterocycles. The SMILES string of the molecule is Cn1nnc(CC(O)c2cccc(I)c2)n1. The summed E-state index contributed by atoms with van der Waals surface area (Å²) >= 11 is 2.22. The second-order valence-electron chi connectivity index (χ2n) is 3.47. The number of tetrazole rings is 1. The van der Waals surface area contributed by atoms with Crippen LogP contribution in [0.2, 0.25) is 0 Å². The van der Waals surface area contributed by atoms with Gasteiger partial charge in [-0.1, -0.05) is 12.1 Å². The Labute approximate surface area is 107 Å². The summed E-state index contributed by atoms with van der Waals surface area (Å²) in [7, 11) is 1.70. The van der Waals surface area contributed by atoms with Gasteiger partial charge < -0.3 is 5.11 Å². The molecule has 84 valence electrons. The van der Waals surface area contributed by atoms with Crippen LogP contribution in [-0.2, 0) is 13.5 Å². The van der Waals surface area contributed by atoms with Crippen LogP contribution >= 0.6 is 22.6 Å². The zero-order valence-corrected chi connectivity index (χ0v) is 10.9. The van der Waals surface area contributed by atoms with Gasteiger partial charge in [0.05, 0.1) is 13.2 Å². The van der Waals surface area contributed by atoms with E-state index >= 15 is 0 Å². The van der Waals surface area contributed by atoms with E-state index < -0.39 is 6.10 Å². The fourth-order valence-corrected chi connectivity index (χ4v) is 1.98. The molecular formula is C10H11IN4O. The van der Waals surface area contributed by atoms with Gasteiger partial charge in [-0.15, -0.1) is 10.2 Å². The monoisotopic (exact) mass is 330 g/mol. The van der Waals surface area contributed by atoms with Gasteiger partial charge in [0.25, 0.3) is 0 Å². The Morgan fingerprint density at radius 3 is 2.94 bits per heavy atom. The van der Waals surface area contributed by atoms with Crippen LogP contribution in [0.3, 0.4) is 0 Å². The van der Waals surface area contributed by atoms with Crippen LogP contribution in [0.25, 0.3) is 0 Å². The molecule has 1 aromatic carbocycles. The number of nitrogens with zero attached hydrogens (tertiary/aromatic N) is 4. The number of hydrogen-bond acceptors (Lipinski definition) is 4. The Hall–Kier alpha value is -1.02. The fourth-order valence-electron chi connectivity index (χ4n) is 1.41. The third-order valence-corrected chi connectivity index (χ3v) is 2.83. The Balaban J connectivity index is 2.11. The van der Waals surface area contributed by atoms with Crippen LogP contribution in [0.4, 0.5) is 0 Å². The first-order valence-corrected chi connectivity index (χ1v) is 5.89. The zero-order valence-electron chi connectivity index (χ0n) is 8.71. The third-order valence-electron chi connectivity index (χ3n) is 2.16. The Bertz CT molecular complexity index is 485. The molecule has 2 rings (SSSR count). The van der Waals surface area contributed by atoms with Crippen molar-refractivity contribution in [1.29, 1.82) is 0 Å². The molecule has 0 bridgehead atoms. The average molecular weight is 330 g/mol. The molecule has 0 spiro atoms. The fraction of sp³-hybridized carbons (Fsp3) is 0.300. The normalized spacial score (nSPS) is 12.7. The molecule has 5 nitrogen and oxygen atoms in total. The Morgan fingerprint density at radius 2 is 2.31 bits per heavy atom. The lowest BCUT2D eigenvalue weighted by molar-refractivity contribution is 0.175. The molecule has 0 amide bonds. The highest BCUT2D eigenvalue weighted by Gasteiger charge is 2.12. The average Bonchev–Trinajstić information content (AvgIpc) is 2.64. The number of aliphatic hydroxyl groups excluding tert-OH is 1. The molecule has 0 aliphatic rings. The maximum absolute atomic E-state index is 9.99. The highest BCUT2D eigenvalue weighted by Crippen LogP contribution is 2.18. The number of halogens is 1. The van der Waals surface area contributed by atoms with Gasteiger partial charge in [-0.2, -0.15) is 4.80 Å². The molecule has 1 atom stereocenters. The van der Waals surface area contributed by atoms with E-state index in [9.17, 15) is 5.11 Å². The third kappa shape index (κ3) is 2.76. The smallest absolute Gasteiger partial charge is 0.177 e. The minimum absolute atomic E-state index is 0.383. The van der Waals surface area contributed by atoms with Crippen molar-refractivity contribution in [2.75, 3.05) is 0 Å². The molecule has 0 aliphatic carbocycles. The minimum Gasteiger partial charge on any atom is -0.388 e. The Kier molecular flexibility index (Phi) is 3.49. The predicted molar refractivity (Wildman–Crippen MR) is 66.6 cm³/mol. The van der Waals surface area contributed by atoms with Crippen molar-refractivity contribution >= 4 is 22.6 Å². The van der Waals surface area contributed by atoms with Crippen LogP contribution < -0.4 is 0 Å². The van der Waals surface area contributed by atoms with E-state index in [0.29, 0.717) is 12.2 Å². The largest absolute Gasteiger partial charge is 0.388 e. The van der Waals surface area contributed by atoms with Gasteiger partial charge in [0.15, 0.2) is 5.82 Å². The van der Waals surface area contributed by atoms with Crippen molar-refractivity contribution in [3.8, 4) is 0 Å². The molecule has 0 fully saturated rings. The van der Waals surface area contributed by atoms with Gasteiger partial charge >= 0.3 is 0 Å². The lowest BCUT2D eigenvalue weighted by Gasteiger charge is -2.08. The minimum atomic E-state index is -0.584. The van der Waals surface area contributed by atoms with Gasteiger partial charge in [0.2, 0.25) is 0 Å². The number of rotatable bonds is 3. The highest BCUT2D eigenvalue weighted by atomic mass is 127. The van der Waals surface area contributed by atoms with Crippen molar-refractivity contribution in [1.82, 2.24) is 20.2 Å². The summed E-state index contributed by atoms with van der Waals surface area (Å²) in [5.74, 6) is 0.550. The molecule has 1 unspecified atom stereocenters. The van der Waals surface area contributed by atoms with E-state index in [-0.39, 0.29) is 0 Å². The number of benzene rings is 1. The van der Waals surface area contributed by atoms with Crippen LogP contribution in [0, 0.1) is 3.57 Å². The van der Waals surface area contributed by atoms with Gasteiger partial charge in [-0.05, 0) is 45.5 Å². The first-order valence-electron chi connectivity index (χ1n) is 4.81. The van der Waals surface area contributed by atoms with E-state index in [1.54, 1.807) is 7.05 Å². The zero-order chi connectivity index (χ0) is 11.5. The number of aryl methyl sites for hydroxylation is 1. The van der Waals surface area contributed by atoms with E-state index in [0.717, 1.165) is 9.13 Å². The summed E-state index contributed by atoms with van der Waals surface area (Å²) in [4.78, 5) is 1.39. The summed E-state index contributed by atoms with van der Waals surface area (Å²) in [5.41, 5.74) is 0.874. The van der Waals surface area contributed by atoms with Crippen LogP contribution in [-0.4, -0.2) is 25.3 Å². The molecular weight excluding hydrogens is 319 g/mol. The number of aromatic nitrogens is 4. The second kappa shape index (κ2) is 4.88. The summed E-state index contributed by atoms with van der Waals surface area (Å²) in [5, 5.41) is 21.6. The molecule has 0 saturated carbocycles. The lowest BCUT2D eigenvalue weighted by Crippen LogP contribution is -2.04. The van der Waals surface area contributed by atoms with Crippen molar-refractivity contribution in [3.63, 3.8) is 0 Å². The van der Waals surface area contributed by atoms with Gasteiger partial charge in [-0.25, -0.2) is 0 Å². The van der Waals surface area contributed by atoms with Crippen LogP contribution in [0.15, 0.2) is 24.3 Å². The molecule has 0 radical (unpaired) electrons. The first kappa shape index (κ1) is 11.5. The van der Waals surface area contributed by atoms with Crippen molar-refractivity contribution in [2.45, 2.75) is 12.5 Å². The van der Waals surface area contributed by atoms with Crippen LogP contribution in [0.5, 0.6) is 0 Å². The highest BCUT2D eigenvalue weighted by molar-refractivity contribution is 14.1. The van der Waals surface area contributed by atoms with Crippen LogP contribution in [0.1, 0.15) is 17.5 Å². The molecule has 1 N–H and O–H groups in total. The van der Waals surface area contributed by atoms with Gasteiger partial charge in [0, 0.05) is 9.99 Å². The van der Waals surface area contributed by atoms with E-state index in [4.69, 9.17) is 0 Å². The summed E-state index contributed by atoms with van der Waals surface area (Å²) in [6, 6.07) is 7.74. The van der Waals surface area contributed by atoms with E-state index in [1.807, 2.05) is 24.3 Å². The molecule has 0 aliphatic heterocycles. The standard InChI is InChI=1S/C10H11IN4O/c1-15-13-10(12-14-15)6-9(16)7-3-2-4-8(11)5-7/h2-5,9,16H,6H2,1H3. The molecule has 1 aromatic heterocycles. The Morgan fingerprint density at radius 1 is 1.50 bits per heavy atom. The summed E-state index contributed by atoms with van der Waals surface area (Å²) < 4.78 is 1.10. The lowest BCUT2D eigenvalue weighted by atomic mass is 10.1. The van der Waals surface area contributed by atoms with Crippen molar-refractivity contribution < 1.29 is 5.11 Å². The molecule has 0 saturated heterocycles. The quantitative estimate of drug-likeness (QED) is 0.856. The van der Waals surface area contributed by atoms with E-state index in [2.05, 4.69) is 38.0 Å². The number of hydrogen-bond donors (Lipinski definition) is 1. The van der Waals surface area contributed by atoms with Crippen molar-refractivity contribution in [2.24, 2.45) is 7.05 Å².